The molecular weight excluding hydrogens is 176 g/mol. The summed E-state index contributed by atoms with van der Waals surface area (Å²) in [5.74, 6) is 1.22. The normalized spacial score (nSPS) is 38.7. The molecule has 0 aromatic carbocycles. The van der Waals surface area contributed by atoms with Gasteiger partial charge in [-0.2, -0.15) is 0 Å². The summed E-state index contributed by atoms with van der Waals surface area (Å²) in [4.78, 5) is 12.0. The van der Waals surface area contributed by atoms with Gasteiger partial charge in [0.2, 0.25) is 0 Å². The maximum absolute atomic E-state index is 12.0. The van der Waals surface area contributed by atoms with Gasteiger partial charge in [-0.25, -0.2) is 0 Å². The Balaban J connectivity index is 1.96. The highest BCUT2D eigenvalue weighted by atomic mass is 16.5. The summed E-state index contributed by atoms with van der Waals surface area (Å²) in [5.41, 5.74) is 0. The largest absolute Gasteiger partial charge is 0.493 e. The van der Waals surface area contributed by atoms with Gasteiger partial charge in [-0.1, -0.05) is 24.3 Å². The van der Waals surface area contributed by atoms with Gasteiger partial charge < -0.3 is 4.74 Å². The van der Waals surface area contributed by atoms with E-state index in [1.807, 2.05) is 24.3 Å². The van der Waals surface area contributed by atoms with E-state index in [1.165, 1.54) is 0 Å². The van der Waals surface area contributed by atoms with Gasteiger partial charge in [0.05, 0.1) is 11.8 Å². The molecule has 3 aliphatic rings. The predicted molar refractivity (Wildman–Crippen MR) is 52.5 cm³/mol. The standard InChI is InChI=1S/C12H12O2/c13-12-8-4-1-2-6-10(8)14-11-7-3-5-9(11)12/h1-3,5-6,8-9,11H,4,7H2. The lowest BCUT2D eigenvalue weighted by atomic mass is 9.83. The minimum atomic E-state index is -0.0102. The van der Waals surface area contributed by atoms with E-state index in [4.69, 9.17) is 4.74 Å². The van der Waals surface area contributed by atoms with Crippen molar-refractivity contribution in [3.63, 3.8) is 0 Å². The van der Waals surface area contributed by atoms with Crippen LogP contribution in [0.1, 0.15) is 12.8 Å². The van der Waals surface area contributed by atoms with Gasteiger partial charge in [-0.05, 0) is 12.5 Å². The molecule has 2 aliphatic carbocycles. The Hall–Kier alpha value is -1.31. The highest BCUT2D eigenvalue weighted by molar-refractivity contribution is 5.89. The quantitative estimate of drug-likeness (QED) is 0.543. The summed E-state index contributed by atoms with van der Waals surface area (Å²) in [5, 5.41) is 0. The zero-order valence-corrected chi connectivity index (χ0v) is 7.85. The van der Waals surface area contributed by atoms with E-state index in [1.54, 1.807) is 0 Å². The highest BCUT2D eigenvalue weighted by Gasteiger charge is 2.42. The summed E-state index contributed by atoms with van der Waals surface area (Å²) < 4.78 is 5.81. The molecule has 0 amide bonds. The van der Waals surface area contributed by atoms with Crippen LogP contribution in [0.25, 0.3) is 0 Å². The van der Waals surface area contributed by atoms with E-state index in [0.717, 1.165) is 18.6 Å². The van der Waals surface area contributed by atoms with Crippen molar-refractivity contribution in [2.24, 2.45) is 11.8 Å². The van der Waals surface area contributed by atoms with Crippen molar-refractivity contribution in [2.45, 2.75) is 18.9 Å². The average molecular weight is 188 g/mol. The number of hydrogen-bond donors (Lipinski definition) is 0. The number of ketones is 1. The van der Waals surface area contributed by atoms with Gasteiger partial charge >= 0.3 is 0 Å². The maximum Gasteiger partial charge on any atom is 0.154 e. The molecule has 0 spiro atoms. The number of Topliss-reactive ketones (excluding diaryl/α,β-unsaturated/α-hetero) is 1. The Morgan fingerprint density at radius 1 is 1.29 bits per heavy atom. The molecule has 0 bridgehead atoms. The molecule has 0 saturated carbocycles. The summed E-state index contributed by atoms with van der Waals surface area (Å²) in [7, 11) is 0. The average Bonchev–Trinajstić information content (AvgIpc) is 2.66. The molecule has 1 heterocycles. The molecular formula is C12H12O2. The maximum atomic E-state index is 12.0. The van der Waals surface area contributed by atoms with Crippen molar-refractivity contribution < 1.29 is 9.53 Å². The van der Waals surface area contributed by atoms with Crippen molar-refractivity contribution in [1.29, 1.82) is 0 Å². The van der Waals surface area contributed by atoms with E-state index in [9.17, 15) is 4.79 Å². The Labute approximate surface area is 82.9 Å². The molecule has 14 heavy (non-hydrogen) atoms. The fourth-order valence-electron chi connectivity index (χ4n) is 2.42. The van der Waals surface area contributed by atoms with Crippen LogP contribution in [0.3, 0.4) is 0 Å². The molecule has 2 heteroatoms. The van der Waals surface area contributed by atoms with Crippen LogP contribution in [-0.2, 0) is 9.53 Å². The third-order valence-corrected chi connectivity index (χ3v) is 3.18. The van der Waals surface area contributed by atoms with Crippen molar-refractivity contribution in [2.75, 3.05) is 0 Å². The van der Waals surface area contributed by atoms with Crippen molar-refractivity contribution in [3.8, 4) is 0 Å². The van der Waals surface area contributed by atoms with Gasteiger partial charge in [0.25, 0.3) is 0 Å². The zero-order chi connectivity index (χ0) is 9.54. The first-order valence-corrected chi connectivity index (χ1v) is 5.10. The monoisotopic (exact) mass is 188 g/mol. The zero-order valence-electron chi connectivity index (χ0n) is 7.85. The summed E-state index contributed by atoms with van der Waals surface area (Å²) in [6, 6.07) is 0. The molecule has 1 aliphatic heterocycles. The minimum Gasteiger partial charge on any atom is -0.493 e. The summed E-state index contributed by atoms with van der Waals surface area (Å²) in [6.45, 7) is 0. The van der Waals surface area contributed by atoms with Crippen LogP contribution < -0.4 is 0 Å². The number of fused-ring (bicyclic) bond motifs is 2. The van der Waals surface area contributed by atoms with Crippen LogP contribution in [0.2, 0.25) is 0 Å². The van der Waals surface area contributed by atoms with E-state index >= 15 is 0 Å². The van der Waals surface area contributed by atoms with Crippen LogP contribution in [0.15, 0.2) is 36.1 Å². The van der Waals surface area contributed by atoms with Crippen LogP contribution in [-0.4, -0.2) is 11.9 Å². The van der Waals surface area contributed by atoms with Crippen LogP contribution >= 0.6 is 0 Å². The SMILES string of the molecule is O=C1C2CC=CC=C2OC2CC=CC12. The molecule has 3 unspecified atom stereocenters. The van der Waals surface area contributed by atoms with Crippen molar-refractivity contribution >= 4 is 5.78 Å². The number of hydrogen-bond acceptors (Lipinski definition) is 2. The Morgan fingerprint density at radius 3 is 3.14 bits per heavy atom. The molecule has 0 radical (unpaired) electrons. The number of allylic oxidation sites excluding steroid dienone is 4. The van der Waals surface area contributed by atoms with E-state index < -0.39 is 0 Å². The van der Waals surface area contributed by atoms with Crippen molar-refractivity contribution in [1.82, 2.24) is 0 Å². The van der Waals surface area contributed by atoms with Gasteiger partial charge in [0.15, 0.2) is 5.78 Å². The fraction of sp³-hybridized carbons (Fsp3) is 0.417. The first-order valence-electron chi connectivity index (χ1n) is 5.10. The first kappa shape index (κ1) is 8.04. The predicted octanol–water partition coefficient (Wildman–Crippen LogP) is 1.99. The Bertz CT molecular complexity index is 363. The second-order valence-corrected chi connectivity index (χ2v) is 4.03. The molecule has 0 aromatic heterocycles. The minimum absolute atomic E-state index is 0.0102. The van der Waals surface area contributed by atoms with E-state index in [0.29, 0.717) is 5.78 Å². The lowest BCUT2D eigenvalue weighted by Crippen LogP contribution is -2.39. The molecule has 1 saturated heterocycles. The highest BCUT2D eigenvalue weighted by Crippen LogP contribution is 2.38. The number of ether oxygens (including phenoxy) is 1. The number of rotatable bonds is 0. The second kappa shape index (κ2) is 2.84. The summed E-state index contributed by atoms with van der Waals surface area (Å²) in [6.07, 6.45) is 11.8. The van der Waals surface area contributed by atoms with Crippen LogP contribution in [0.4, 0.5) is 0 Å². The molecule has 3 rings (SSSR count). The van der Waals surface area contributed by atoms with Gasteiger partial charge in [-0.15, -0.1) is 0 Å². The third kappa shape index (κ3) is 0.999. The smallest absolute Gasteiger partial charge is 0.154 e. The summed E-state index contributed by atoms with van der Waals surface area (Å²) >= 11 is 0. The van der Waals surface area contributed by atoms with Gasteiger partial charge in [0.1, 0.15) is 11.9 Å². The second-order valence-electron chi connectivity index (χ2n) is 4.03. The van der Waals surface area contributed by atoms with E-state index in [-0.39, 0.29) is 17.9 Å². The molecule has 72 valence electrons. The molecule has 0 N–H and O–H groups in total. The third-order valence-electron chi connectivity index (χ3n) is 3.18. The fourth-order valence-corrected chi connectivity index (χ4v) is 2.42. The lowest BCUT2D eigenvalue weighted by molar-refractivity contribution is -0.134. The van der Waals surface area contributed by atoms with E-state index in [2.05, 4.69) is 6.08 Å². The molecule has 1 fully saturated rings. The molecule has 3 atom stereocenters. The molecule has 2 nitrogen and oxygen atoms in total. The van der Waals surface area contributed by atoms with Crippen molar-refractivity contribution in [3.05, 3.63) is 36.1 Å². The Kier molecular flexibility index (Phi) is 1.63. The van der Waals surface area contributed by atoms with Gasteiger partial charge in [-0.3, -0.25) is 4.79 Å². The van der Waals surface area contributed by atoms with Crippen LogP contribution in [0.5, 0.6) is 0 Å². The topological polar surface area (TPSA) is 26.3 Å². The number of carbonyl (C=O) groups is 1. The van der Waals surface area contributed by atoms with Gasteiger partial charge in [0, 0.05) is 6.42 Å². The first-order chi connectivity index (χ1) is 6.86. The Morgan fingerprint density at radius 2 is 2.21 bits per heavy atom. The lowest BCUT2D eigenvalue weighted by Gasteiger charge is -2.34. The molecule has 0 aromatic rings. The van der Waals surface area contributed by atoms with Crippen LogP contribution in [0, 0.1) is 11.8 Å². The number of carbonyl (C=O) groups excluding carboxylic acids is 1.